The van der Waals surface area contributed by atoms with Gasteiger partial charge in [0.15, 0.2) is 5.82 Å². The molecule has 1 aliphatic carbocycles. The second-order valence-electron chi connectivity index (χ2n) is 22.4. The van der Waals surface area contributed by atoms with Gasteiger partial charge in [0, 0.05) is 105 Å². The molecule has 1 atom stereocenters. The number of likely N-dealkylation sites (tertiary alicyclic amines) is 3. The molecule has 6 fully saturated rings. The number of rotatable bonds is 10. The number of hydrogen-bond acceptors (Lipinski definition) is 12. The number of imidazole rings is 1. The molecule has 392 valence electrons. The second-order valence-corrected chi connectivity index (χ2v) is 22.4. The Morgan fingerprint density at radius 1 is 0.773 bits per heavy atom. The molecule has 17 nitrogen and oxygen atoms in total. The summed E-state index contributed by atoms with van der Waals surface area (Å²) in [5, 5.41) is 5.68. The first-order valence-corrected chi connectivity index (χ1v) is 27.5. The number of hydrogen-bond donors (Lipinski definition) is 2. The number of amides is 5. The number of para-hydroxylation sites is 1. The maximum atomic E-state index is 15.3. The van der Waals surface area contributed by atoms with Crippen molar-refractivity contribution >= 4 is 63.7 Å². The minimum atomic E-state index is -0.747. The number of fused-ring (bicyclic) bond motifs is 3. The molecule has 18 heteroatoms. The van der Waals surface area contributed by atoms with Crippen LogP contribution in [-0.2, 0) is 29.4 Å². The van der Waals surface area contributed by atoms with Crippen LogP contribution in [0.15, 0.2) is 67.3 Å². The van der Waals surface area contributed by atoms with E-state index in [0.717, 1.165) is 53.8 Å². The van der Waals surface area contributed by atoms with Gasteiger partial charge in [0.05, 0.1) is 34.6 Å². The lowest BCUT2D eigenvalue weighted by molar-refractivity contribution is -0.144. The summed E-state index contributed by atoms with van der Waals surface area (Å²) in [5.41, 5.74) is 5.25. The third-order valence-corrected chi connectivity index (χ3v) is 17.8. The molecule has 75 heavy (non-hydrogen) atoms. The molecule has 3 aromatic heterocycles. The van der Waals surface area contributed by atoms with Gasteiger partial charge < -0.3 is 34.4 Å². The zero-order chi connectivity index (χ0) is 51.5. The Balaban J connectivity index is 0.712. The van der Waals surface area contributed by atoms with Crippen molar-refractivity contribution in [1.29, 1.82) is 0 Å². The van der Waals surface area contributed by atoms with Gasteiger partial charge in [-0.1, -0.05) is 30.7 Å². The van der Waals surface area contributed by atoms with Crippen LogP contribution in [0.5, 0.6) is 0 Å². The van der Waals surface area contributed by atoms with E-state index in [1.54, 1.807) is 36.9 Å². The van der Waals surface area contributed by atoms with Gasteiger partial charge in [0.1, 0.15) is 11.3 Å². The largest absolute Gasteiger partial charge is 0.342 e. The van der Waals surface area contributed by atoms with E-state index in [4.69, 9.17) is 9.97 Å². The Morgan fingerprint density at radius 2 is 1.45 bits per heavy atom. The van der Waals surface area contributed by atoms with Crippen molar-refractivity contribution < 1.29 is 28.4 Å². The molecule has 5 saturated heterocycles. The zero-order valence-corrected chi connectivity index (χ0v) is 43.1. The number of nitrogens with zero attached hydrogens (tertiary/aromatic N) is 10. The van der Waals surface area contributed by atoms with Crippen molar-refractivity contribution in [2.24, 2.45) is 11.8 Å². The Kier molecular flexibility index (Phi) is 13.1. The predicted molar refractivity (Wildman–Crippen MR) is 282 cm³/mol. The summed E-state index contributed by atoms with van der Waals surface area (Å²) in [7, 11) is 0. The molecule has 1 spiro atoms. The molecule has 0 bridgehead atoms. The number of piperidine rings is 5. The number of aromatic nitrogens is 5. The van der Waals surface area contributed by atoms with Crippen molar-refractivity contribution in [1.82, 2.24) is 44.5 Å². The van der Waals surface area contributed by atoms with Crippen LogP contribution < -0.4 is 20.4 Å². The molecule has 0 radical (unpaired) electrons. The van der Waals surface area contributed by atoms with Crippen molar-refractivity contribution in [3.8, 4) is 11.3 Å². The van der Waals surface area contributed by atoms with Crippen molar-refractivity contribution in [2.45, 2.75) is 127 Å². The molecular weight excluding hydrogens is 952 g/mol. The number of halogens is 1. The van der Waals surface area contributed by atoms with E-state index >= 15 is 9.18 Å². The highest BCUT2D eigenvalue weighted by molar-refractivity contribution is 6.09. The molecule has 2 N–H and O–H groups in total. The fraction of sp³-hybridized carbons (Fsp3) is 0.526. The van der Waals surface area contributed by atoms with Gasteiger partial charge in [-0.25, -0.2) is 24.3 Å². The predicted octanol–water partition coefficient (Wildman–Crippen LogP) is 7.25. The minimum absolute atomic E-state index is 0.0771. The Hall–Kier alpha value is -6.82. The van der Waals surface area contributed by atoms with Crippen molar-refractivity contribution in [3.05, 3.63) is 84.2 Å². The quantitative estimate of drug-likeness (QED) is 0.134. The van der Waals surface area contributed by atoms with Crippen LogP contribution in [0.2, 0.25) is 0 Å². The van der Waals surface area contributed by atoms with E-state index in [2.05, 4.69) is 67.3 Å². The number of benzene rings is 2. The van der Waals surface area contributed by atoms with E-state index in [9.17, 15) is 19.2 Å². The van der Waals surface area contributed by atoms with Gasteiger partial charge in [-0.3, -0.25) is 29.3 Å². The Morgan fingerprint density at radius 3 is 2.13 bits per heavy atom. The standard InChI is InChI=1S/C57H67FN12O5/c1-35(2)69-34-61-47-31-46(63-51(50(47)69)62-45-9-5-4-8-44(45)58)38-10-12-43-48(28-38)70(41-29-40(30-41)65-20-6-3-7-21-65)55(75)57(43)18-26-67(27-19-57)54(74)36-14-22-66(23-15-36)53(73)37-16-24-68(25-17-37)56-59-32-39(33-60-56)42-11-13-49(71)64-52(42)72/h4-5,8-10,12,28,31-37,40-42H,3,6-7,11,13-27,29-30H2,1-2H3,(H,62,63)(H,64,71,72). The average molecular weight is 1020 g/mol. The van der Waals surface area contributed by atoms with Gasteiger partial charge >= 0.3 is 0 Å². The molecule has 6 aliphatic heterocycles. The Labute approximate surface area is 436 Å². The van der Waals surface area contributed by atoms with E-state index in [-0.39, 0.29) is 59.3 Å². The average Bonchev–Trinajstić information content (AvgIpc) is 3.96. The Bertz CT molecular complexity index is 3020. The van der Waals surface area contributed by atoms with Gasteiger partial charge in [0.25, 0.3) is 0 Å². The molecule has 2 aromatic carbocycles. The topological polar surface area (TPSA) is 182 Å². The molecule has 1 saturated carbocycles. The van der Waals surface area contributed by atoms with Crippen LogP contribution in [0.3, 0.4) is 0 Å². The highest BCUT2D eigenvalue weighted by Crippen LogP contribution is 2.52. The van der Waals surface area contributed by atoms with Gasteiger partial charge in [-0.15, -0.1) is 0 Å². The third kappa shape index (κ3) is 9.09. The first-order chi connectivity index (χ1) is 36.4. The smallest absolute Gasteiger partial charge is 0.238 e. The van der Waals surface area contributed by atoms with E-state index in [0.29, 0.717) is 125 Å². The summed E-state index contributed by atoms with van der Waals surface area (Å²) in [4.78, 5) is 97.2. The summed E-state index contributed by atoms with van der Waals surface area (Å²) >= 11 is 0. The fourth-order valence-corrected chi connectivity index (χ4v) is 13.3. The number of carbonyl (C=O) groups excluding carboxylic acids is 5. The lowest BCUT2D eigenvalue weighted by Crippen LogP contribution is -2.58. The third-order valence-electron chi connectivity index (χ3n) is 17.8. The highest BCUT2D eigenvalue weighted by atomic mass is 19.1. The SMILES string of the molecule is CC(C)n1cnc2cc(-c3ccc4c(c3)N(C3CC(N5CCCCC5)C3)C(=O)C43CCN(C(=O)C4CCN(C(=O)C5CCN(c6ncc(C7CCC(=O)NC7=O)cn6)CC5)CC4)CC3)nc(Nc3ccccc3F)c21. The number of pyridine rings is 1. The van der Waals surface area contributed by atoms with Gasteiger partial charge in [-0.05, 0) is 127 Å². The van der Waals surface area contributed by atoms with E-state index in [1.807, 2.05) is 20.4 Å². The van der Waals surface area contributed by atoms with Crippen LogP contribution in [0.4, 0.5) is 27.5 Å². The van der Waals surface area contributed by atoms with Crippen molar-refractivity contribution in [2.75, 3.05) is 67.5 Å². The summed E-state index contributed by atoms with van der Waals surface area (Å²) < 4.78 is 17.1. The van der Waals surface area contributed by atoms with Crippen LogP contribution in [0.1, 0.15) is 120 Å². The summed E-state index contributed by atoms with van der Waals surface area (Å²) in [6, 6.07) is 15.5. The van der Waals surface area contributed by atoms with E-state index < -0.39 is 11.3 Å². The number of carbonyl (C=O) groups is 5. The molecule has 1 unspecified atom stereocenters. The monoisotopic (exact) mass is 1020 g/mol. The van der Waals surface area contributed by atoms with Gasteiger partial charge in [0.2, 0.25) is 35.5 Å². The number of imide groups is 1. The number of nitrogens with one attached hydrogen (secondary N) is 2. The first kappa shape index (κ1) is 49.1. The molecule has 12 rings (SSSR count). The normalized spacial score (nSPS) is 23.7. The summed E-state index contributed by atoms with van der Waals surface area (Å²) in [5.74, 6) is -0.196. The molecular formula is C57H67FN12O5. The lowest BCUT2D eigenvalue weighted by Gasteiger charge is -2.48. The van der Waals surface area contributed by atoms with Crippen LogP contribution in [0, 0.1) is 17.7 Å². The zero-order valence-electron chi connectivity index (χ0n) is 43.1. The fourth-order valence-electron chi connectivity index (χ4n) is 13.3. The van der Waals surface area contributed by atoms with Crippen LogP contribution in [0.25, 0.3) is 22.3 Å². The molecule has 5 aromatic rings. The first-order valence-electron chi connectivity index (χ1n) is 27.5. The van der Waals surface area contributed by atoms with Crippen LogP contribution in [-0.4, -0.2) is 133 Å². The summed E-state index contributed by atoms with van der Waals surface area (Å²) in [6.45, 7) is 9.74. The van der Waals surface area contributed by atoms with Gasteiger partial charge in [-0.2, -0.15) is 0 Å². The molecule has 7 aliphatic rings. The maximum absolute atomic E-state index is 15.3. The maximum Gasteiger partial charge on any atom is 0.238 e. The summed E-state index contributed by atoms with van der Waals surface area (Å²) in [6.07, 6.45) is 15.1. The lowest BCUT2D eigenvalue weighted by atomic mass is 9.73. The van der Waals surface area contributed by atoms with Crippen molar-refractivity contribution in [3.63, 3.8) is 0 Å². The van der Waals surface area contributed by atoms with Crippen LogP contribution >= 0.6 is 0 Å². The minimum Gasteiger partial charge on any atom is -0.342 e. The number of anilines is 4. The second kappa shape index (κ2) is 20.0. The highest BCUT2D eigenvalue weighted by Gasteiger charge is 2.56. The molecule has 5 amide bonds. The van der Waals surface area contributed by atoms with E-state index in [1.165, 1.54) is 25.3 Å². The molecule has 9 heterocycles.